The zero-order valence-electron chi connectivity index (χ0n) is 10.8. The van der Waals surface area contributed by atoms with Crippen molar-refractivity contribution in [2.75, 3.05) is 0 Å². The lowest BCUT2D eigenvalue weighted by molar-refractivity contribution is -0.132. The van der Waals surface area contributed by atoms with E-state index in [-0.39, 0.29) is 0 Å². The summed E-state index contributed by atoms with van der Waals surface area (Å²) in [7, 11) is 0. The molecule has 0 aromatic heterocycles. The molecule has 0 aliphatic heterocycles. The number of hydrogen-bond acceptors (Lipinski definition) is 1. The van der Waals surface area contributed by atoms with E-state index in [4.69, 9.17) is 0 Å². The molecule has 0 amide bonds. The molecular formula is C14H26O. The molecule has 1 aliphatic carbocycles. The van der Waals surface area contributed by atoms with Gasteiger partial charge in [-0.2, -0.15) is 0 Å². The van der Waals surface area contributed by atoms with E-state index in [1.807, 2.05) is 0 Å². The minimum Gasteiger partial charge on any atom is -0.299 e. The first kappa shape index (κ1) is 12.7. The fourth-order valence-corrected chi connectivity index (χ4v) is 2.82. The van der Waals surface area contributed by atoms with Crippen LogP contribution in [-0.4, -0.2) is 5.78 Å². The molecule has 0 heterocycles. The molecule has 1 aliphatic rings. The van der Waals surface area contributed by atoms with Gasteiger partial charge in [0.1, 0.15) is 5.78 Å². The molecule has 15 heavy (non-hydrogen) atoms. The first-order valence-corrected chi connectivity index (χ1v) is 6.65. The van der Waals surface area contributed by atoms with Crippen LogP contribution >= 0.6 is 0 Å². The minimum atomic E-state index is 0.364. The van der Waals surface area contributed by atoms with Gasteiger partial charge in [0.05, 0.1) is 0 Å². The number of carbonyl (C=O) groups is 1. The predicted molar refractivity (Wildman–Crippen MR) is 64.7 cm³/mol. The van der Waals surface area contributed by atoms with Gasteiger partial charge < -0.3 is 0 Å². The van der Waals surface area contributed by atoms with E-state index in [1.165, 1.54) is 6.42 Å². The summed E-state index contributed by atoms with van der Waals surface area (Å²) in [6.45, 7) is 8.87. The number of hydrogen-bond donors (Lipinski definition) is 0. The first-order valence-electron chi connectivity index (χ1n) is 6.65. The Hall–Kier alpha value is -0.330. The van der Waals surface area contributed by atoms with Crippen LogP contribution in [0.25, 0.3) is 0 Å². The molecule has 0 radical (unpaired) electrons. The highest BCUT2D eigenvalue weighted by Gasteiger charge is 2.35. The van der Waals surface area contributed by atoms with Gasteiger partial charge in [-0.25, -0.2) is 0 Å². The van der Waals surface area contributed by atoms with Crippen molar-refractivity contribution in [3.05, 3.63) is 0 Å². The van der Waals surface area contributed by atoms with Gasteiger partial charge in [-0.05, 0) is 24.7 Å². The second-order valence-corrected chi connectivity index (χ2v) is 5.32. The summed E-state index contributed by atoms with van der Waals surface area (Å²) in [5, 5.41) is 0. The Morgan fingerprint density at radius 2 is 1.47 bits per heavy atom. The van der Waals surface area contributed by atoms with Crippen molar-refractivity contribution in [3.63, 3.8) is 0 Å². The van der Waals surface area contributed by atoms with Gasteiger partial charge in [0.15, 0.2) is 0 Å². The Morgan fingerprint density at radius 3 is 1.80 bits per heavy atom. The number of Topliss-reactive ketones (excluding diaryl/α,β-unsaturated/α-hetero) is 1. The highest BCUT2D eigenvalue weighted by Crippen LogP contribution is 2.36. The fourth-order valence-electron chi connectivity index (χ4n) is 2.82. The summed E-state index contributed by atoms with van der Waals surface area (Å²) in [6.07, 6.45) is 5.82. The van der Waals surface area contributed by atoms with Crippen molar-refractivity contribution in [1.82, 2.24) is 0 Å². The monoisotopic (exact) mass is 210 g/mol. The zero-order chi connectivity index (χ0) is 11.4. The summed E-state index contributed by atoms with van der Waals surface area (Å²) >= 11 is 0. The summed E-state index contributed by atoms with van der Waals surface area (Å²) in [5.74, 6) is 2.48. The van der Waals surface area contributed by atoms with Crippen LogP contribution in [0.2, 0.25) is 0 Å². The molecular weight excluding hydrogens is 184 g/mol. The van der Waals surface area contributed by atoms with Crippen molar-refractivity contribution in [2.45, 2.75) is 59.8 Å². The molecule has 0 spiro atoms. The second-order valence-electron chi connectivity index (χ2n) is 5.32. The fraction of sp³-hybridized carbons (Fsp3) is 0.929. The lowest BCUT2D eigenvalue weighted by Crippen LogP contribution is -2.35. The van der Waals surface area contributed by atoms with Crippen LogP contribution in [0.5, 0.6) is 0 Å². The average molecular weight is 210 g/mol. The third-order valence-electron chi connectivity index (χ3n) is 4.42. The number of carbonyl (C=O) groups excluding carboxylic acids is 1. The van der Waals surface area contributed by atoms with Gasteiger partial charge in [-0.3, -0.25) is 4.79 Å². The molecule has 1 saturated carbocycles. The van der Waals surface area contributed by atoms with E-state index >= 15 is 0 Å². The van der Waals surface area contributed by atoms with Gasteiger partial charge in [0, 0.05) is 11.8 Å². The third kappa shape index (κ3) is 2.83. The molecule has 0 aromatic carbocycles. The van der Waals surface area contributed by atoms with Crippen LogP contribution in [-0.2, 0) is 4.79 Å². The lowest BCUT2D eigenvalue weighted by Gasteiger charge is -2.34. The molecule has 1 fully saturated rings. The first-order chi connectivity index (χ1) is 7.11. The molecule has 0 saturated heterocycles. The Kier molecular flexibility index (Phi) is 4.82. The highest BCUT2D eigenvalue weighted by atomic mass is 16.1. The van der Waals surface area contributed by atoms with E-state index < -0.39 is 0 Å². The Morgan fingerprint density at radius 1 is 1.07 bits per heavy atom. The SMILES string of the molecule is CC[C@H](C)[C@@H]1CCC[C@@H]([C@@H](C)CC)C1=O. The molecule has 0 unspecified atom stereocenters. The van der Waals surface area contributed by atoms with Gasteiger partial charge >= 0.3 is 0 Å². The lowest BCUT2D eigenvalue weighted by atomic mass is 9.69. The summed E-state index contributed by atoms with van der Waals surface area (Å²) in [5.41, 5.74) is 0. The van der Waals surface area contributed by atoms with Crippen molar-refractivity contribution in [2.24, 2.45) is 23.7 Å². The van der Waals surface area contributed by atoms with E-state index in [0.717, 1.165) is 25.7 Å². The Bertz CT molecular complexity index is 189. The van der Waals surface area contributed by atoms with Crippen molar-refractivity contribution in [1.29, 1.82) is 0 Å². The quantitative estimate of drug-likeness (QED) is 0.683. The highest BCUT2D eigenvalue weighted by molar-refractivity contribution is 5.84. The maximum absolute atomic E-state index is 12.3. The van der Waals surface area contributed by atoms with Crippen LogP contribution in [0, 0.1) is 23.7 Å². The Balaban J connectivity index is 2.66. The average Bonchev–Trinajstić information content (AvgIpc) is 2.27. The van der Waals surface area contributed by atoms with Gasteiger partial charge in [-0.1, -0.05) is 47.0 Å². The maximum Gasteiger partial charge on any atom is 0.139 e. The van der Waals surface area contributed by atoms with Gasteiger partial charge in [0.25, 0.3) is 0 Å². The summed E-state index contributed by atoms with van der Waals surface area (Å²) in [4.78, 5) is 12.3. The molecule has 1 heteroatoms. The second kappa shape index (κ2) is 5.67. The van der Waals surface area contributed by atoms with Crippen LogP contribution in [0.3, 0.4) is 0 Å². The topological polar surface area (TPSA) is 17.1 Å². The number of rotatable bonds is 4. The number of ketones is 1. The molecule has 4 atom stereocenters. The van der Waals surface area contributed by atoms with Crippen LogP contribution in [0.15, 0.2) is 0 Å². The summed E-state index contributed by atoms with van der Waals surface area (Å²) < 4.78 is 0. The Labute approximate surface area is 94.6 Å². The normalized spacial score (nSPS) is 31.3. The zero-order valence-corrected chi connectivity index (χ0v) is 10.8. The minimum absolute atomic E-state index is 0.364. The molecule has 1 rings (SSSR count). The van der Waals surface area contributed by atoms with Crippen molar-refractivity contribution in [3.8, 4) is 0 Å². The summed E-state index contributed by atoms with van der Waals surface area (Å²) in [6, 6.07) is 0. The molecule has 0 aromatic rings. The van der Waals surface area contributed by atoms with Crippen LogP contribution in [0.1, 0.15) is 59.8 Å². The molecule has 0 N–H and O–H groups in total. The van der Waals surface area contributed by atoms with Crippen molar-refractivity contribution < 1.29 is 4.79 Å². The smallest absolute Gasteiger partial charge is 0.139 e. The van der Waals surface area contributed by atoms with E-state index in [2.05, 4.69) is 27.7 Å². The molecule has 0 bridgehead atoms. The largest absolute Gasteiger partial charge is 0.299 e. The molecule has 1 nitrogen and oxygen atoms in total. The van der Waals surface area contributed by atoms with Crippen molar-refractivity contribution >= 4 is 5.78 Å². The van der Waals surface area contributed by atoms with Gasteiger partial charge in [-0.15, -0.1) is 0 Å². The van der Waals surface area contributed by atoms with E-state index in [0.29, 0.717) is 29.5 Å². The van der Waals surface area contributed by atoms with E-state index in [1.54, 1.807) is 0 Å². The standard InChI is InChI=1S/C14H26O/c1-5-10(3)12-8-7-9-13(14(12)15)11(4)6-2/h10-13H,5-9H2,1-4H3/t10-,11-,12-,13-/m0/s1. The van der Waals surface area contributed by atoms with E-state index in [9.17, 15) is 4.79 Å². The third-order valence-corrected chi connectivity index (χ3v) is 4.42. The maximum atomic E-state index is 12.3. The predicted octanol–water partition coefficient (Wildman–Crippen LogP) is 4.06. The van der Waals surface area contributed by atoms with Crippen LogP contribution in [0.4, 0.5) is 0 Å². The molecule has 88 valence electrons. The van der Waals surface area contributed by atoms with Gasteiger partial charge in [0.2, 0.25) is 0 Å². The van der Waals surface area contributed by atoms with Crippen LogP contribution < -0.4 is 0 Å².